The van der Waals surface area contributed by atoms with Crippen LogP contribution in [0.15, 0.2) is 30.3 Å². The van der Waals surface area contributed by atoms with Gasteiger partial charge in [-0.1, -0.05) is 25.1 Å². The number of benzene rings is 1. The van der Waals surface area contributed by atoms with Crippen molar-refractivity contribution in [2.75, 3.05) is 6.61 Å². The Morgan fingerprint density at radius 1 is 1.43 bits per heavy atom. The lowest BCUT2D eigenvalue weighted by Crippen LogP contribution is -2.21. The number of aromatic nitrogens is 2. The molecule has 21 heavy (non-hydrogen) atoms. The van der Waals surface area contributed by atoms with Gasteiger partial charge in [-0.25, -0.2) is 0 Å². The van der Waals surface area contributed by atoms with Gasteiger partial charge in [0.2, 0.25) is 0 Å². The molecule has 0 fully saturated rings. The van der Waals surface area contributed by atoms with Crippen LogP contribution in [0.3, 0.4) is 0 Å². The molecule has 2 N–H and O–H groups in total. The first kappa shape index (κ1) is 14.1. The minimum atomic E-state index is 0.0129. The van der Waals surface area contributed by atoms with Crippen molar-refractivity contribution in [1.29, 1.82) is 0 Å². The fraction of sp³-hybridized carbons (Fsp3) is 0.471. The summed E-state index contributed by atoms with van der Waals surface area (Å²) in [7, 11) is 1.98. The van der Waals surface area contributed by atoms with E-state index >= 15 is 0 Å². The van der Waals surface area contributed by atoms with E-state index in [1.54, 1.807) is 0 Å². The number of hydrogen-bond donors (Lipinski definition) is 1. The molecule has 2 aromatic rings. The number of aryl methyl sites for hydroxylation is 2. The molecule has 0 spiro atoms. The Balaban J connectivity index is 1.79. The zero-order valence-electron chi connectivity index (χ0n) is 12.7. The Bertz CT molecular complexity index is 620. The van der Waals surface area contributed by atoms with Crippen LogP contribution in [0.4, 0.5) is 0 Å². The minimum Gasteiger partial charge on any atom is -0.493 e. The molecule has 112 valence electrons. The molecule has 1 aliphatic rings. The standard InChI is InChI=1S/C17H23N3O/c1-3-13-11-16(20(2)19-13)15(18)10-12-8-9-21-17-7-5-4-6-14(12)17/h4-7,11-12,15H,3,8-10,18H2,1-2H3. The third-order valence-corrected chi connectivity index (χ3v) is 4.33. The number of nitrogens with zero attached hydrogens (tertiary/aromatic N) is 2. The van der Waals surface area contributed by atoms with E-state index in [-0.39, 0.29) is 6.04 Å². The maximum absolute atomic E-state index is 6.45. The van der Waals surface area contributed by atoms with Crippen molar-refractivity contribution in [3.05, 3.63) is 47.3 Å². The number of rotatable bonds is 4. The molecule has 1 aliphatic heterocycles. The molecule has 4 nitrogen and oxygen atoms in total. The van der Waals surface area contributed by atoms with Crippen molar-refractivity contribution in [3.8, 4) is 5.75 Å². The molecule has 2 heterocycles. The van der Waals surface area contributed by atoms with Gasteiger partial charge in [-0.05, 0) is 42.9 Å². The van der Waals surface area contributed by atoms with E-state index in [4.69, 9.17) is 10.5 Å². The molecule has 0 bridgehead atoms. The van der Waals surface area contributed by atoms with Crippen molar-refractivity contribution in [1.82, 2.24) is 9.78 Å². The van der Waals surface area contributed by atoms with Crippen LogP contribution >= 0.6 is 0 Å². The largest absolute Gasteiger partial charge is 0.493 e. The normalized spacial score (nSPS) is 18.9. The topological polar surface area (TPSA) is 53.1 Å². The van der Waals surface area contributed by atoms with Gasteiger partial charge in [0.25, 0.3) is 0 Å². The highest BCUT2D eigenvalue weighted by Gasteiger charge is 2.24. The van der Waals surface area contributed by atoms with Crippen molar-refractivity contribution in [3.63, 3.8) is 0 Å². The van der Waals surface area contributed by atoms with Gasteiger partial charge in [0.1, 0.15) is 5.75 Å². The van der Waals surface area contributed by atoms with E-state index < -0.39 is 0 Å². The van der Waals surface area contributed by atoms with Gasteiger partial charge in [-0.15, -0.1) is 0 Å². The van der Waals surface area contributed by atoms with Gasteiger partial charge in [-0.3, -0.25) is 4.68 Å². The third kappa shape index (κ3) is 2.81. The van der Waals surface area contributed by atoms with Crippen LogP contribution in [0.1, 0.15) is 48.7 Å². The van der Waals surface area contributed by atoms with E-state index in [2.05, 4.69) is 30.2 Å². The number of hydrogen-bond acceptors (Lipinski definition) is 3. The summed E-state index contributed by atoms with van der Waals surface area (Å²) in [6, 6.07) is 10.5. The quantitative estimate of drug-likeness (QED) is 0.939. The van der Waals surface area contributed by atoms with Crippen LogP contribution in [0.2, 0.25) is 0 Å². The highest BCUT2D eigenvalue weighted by Crippen LogP contribution is 2.38. The maximum Gasteiger partial charge on any atom is 0.122 e. The number of ether oxygens (including phenoxy) is 1. The van der Waals surface area contributed by atoms with Crippen LogP contribution in [0.5, 0.6) is 5.75 Å². The van der Waals surface area contributed by atoms with Gasteiger partial charge < -0.3 is 10.5 Å². The molecule has 1 aromatic carbocycles. The predicted molar refractivity (Wildman–Crippen MR) is 83.4 cm³/mol. The van der Waals surface area contributed by atoms with Gasteiger partial charge >= 0.3 is 0 Å². The summed E-state index contributed by atoms with van der Waals surface area (Å²) in [6.45, 7) is 2.90. The maximum atomic E-state index is 6.45. The van der Waals surface area contributed by atoms with Gasteiger partial charge in [-0.2, -0.15) is 5.10 Å². The summed E-state index contributed by atoms with van der Waals surface area (Å²) in [5.74, 6) is 1.48. The molecule has 2 unspecified atom stereocenters. The van der Waals surface area contributed by atoms with Crippen LogP contribution in [-0.2, 0) is 13.5 Å². The van der Waals surface area contributed by atoms with Crippen molar-refractivity contribution in [2.24, 2.45) is 12.8 Å². The average Bonchev–Trinajstić information content (AvgIpc) is 2.89. The molecule has 1 aromatic heterocycles. The van der Waals surface area contributed by atoms with Crippen LogP contribution in [0, 0.1) is 0 Å². The second-order valence-electron chi connectivity index (χ2n) is 5.75. The summed E-state index contributed by atoms with van der Waals surface area (Å²) in [5, 5.41) is 4.50. The molecule has 3 rings (SSSR count). The van der Waals surface area contributed by atoms with Gasteiger partial charge in [0.15, 0.2) is 0 Å². The SMILES string of the molecule is CCc1cc(C(N)CC2CCOc3ccccc32)n(C)n1. The molecule has 4 heteroatoms. The predicted octanol–water partition coefficient (Wildman–Crippen LogP) is 2.94. The molecule has 0 amide bonds. The summed E-state index contributed by atoms with van der Waals surface area (Å²) in [4.78, 5) is 0. The second-order valence-corrected chi connectivity index (χ2v) is 5.75. The van der Waals surface area contributed by atoms with Crippen LogP contribution < -0.4 is 10.5 Å². The molecular formula is C17H23N3O. The molecular weight excluding hydrogens is 262 g/mol. The van der Waals surface area contributed by atoms with Crippen molar-refractivity contribution < 1.29 is 4.74 Å². The third-order valence-electron chi connectivity index (χ3n) is 4.33. The molecule has 0 saturated carbocycles. The number of para-hydroxylation sites is 1. The fourth-order valence-corrected chi connectivity index (χ4v) is 3.15. The highest BCUT2D eigenvalue weighted by atomic mass is 16.5. The first-order valence-corrected chi connectivity index (χ1v) is 7.69. The van der Waals surface area contributed by atoms with Crippen molar-refractivity contribution >= 4 is 0 Å². The first-order chi connectivity index (χ1) is 10.2. The van der Waals surface area contributed by atoms with E-state index in [0.717, 1.165) is 43.0 Å². The summed E-state index contributed by atoms with van der Waals surface area (Å²) >= 11 is 0. The zero-order chi connectivity index (χ0) is 14.8. The van der Waals surface area contributed by atoms with E-state index in [1.165, 1.54) is 5.56 Å². The number of fused-ring (bicyclic) bond motifs is 1. The molecule has 2 atom stereocenters. The Labute approximate surface area is 125 Å². The monoisotopic (exact) mass is 285 g/mol. The molecule has 0 aliphatic carbocycles. The summed E-state index contributed by atoms with van der Waals surface area (Å²) in [6.07, 6.45) is 2.91. The fourth-order valence-electron chi connectivity index (χ4n) is 3.15. The van der Waals surface area contributed by atoms with E-state index in [9.17, 15) is 0 Å². The lowest BCUT2D eigenvalue weighted by atomic mass is 9.87. The Kier molecular flexibility index (Phi) is 3.97. The van der Waals surface area contributed by atoms with Gasteiger partial charge in [0, 0.05) is 13.1 Å². The minimum absolute atomic E-state index is 0.0129. The van der Waals surface area contributed by atoms with E-state index in [1.807, 2.05) is 23.9 Å². The smallest absolute Gasteiger partial charge is 0.122 e. The molecule has 0 saturated heterocycles. The lowest BCUT2D eigenvalue weighted by molar-refractivity contribution is 0.258. The highest BCUT2D eigenvalue weighted by molar-refractivity contribution is 5.38. The Hall–Kier alpha value is -1.81. The Morgan fingerprint density at radius 2 is 2.24 bits per heavy atom. The zero-order valence-corrected chi connectivity index (χ0v) is 12.7. The number of nitrogens with two attached hydrogens (primary N) is 1. The average molecular weight is 285 g/mol. The lowest BCUT2D eigenvalue weighted by Gasteiger charge is -2.27. The summed E-state index contributed by atoms with van der Waals surface area (Å²) in [5.41, 5.74) is 9.97. The Morgan fingerprint density at radius 3 is 3.00 bits per heavy atom. The molecule has 0 radical (unpaired) electrons. The summed E-state index contributed by atoms with van der Waals surface area (Å²) < 4.78 is 7.65. The van der Waals surface area contributed by atoms with Gasteiger partial charge in [0.05, 0.1) is 18.0 Å². The first-order valence-electron chi connectivity index (χ1n) is 7.69. The van der Waals surface area contributed by atoms with E-state index in [0.29, 0.717) is 5.92 Å². The van der Waals surface area contributed by atoms with Crippen LogP contribution in [0.25, 0.3) is 0 Å². The van der Waals surface area contributed by atoms with Crippen LogP contribution in [-0.4, -0.2) is 16.4 Å². The van der Waals surface area contributed by atoms with Crippen molar-refractivity contribution in [2.45, 2.75) is 38.1 Å². The second kappa shape index (κ2) is 5.90.